The van der Waals surface area contributed by atoms with E-state index in [1.165, 1.54) is 0 Å². The highest BCUT2D eigenvalue weighted by molar-refractivity contribution is 5.93. The van der Waals surface area contributed by atoms with Crippen molar-refractivity contribution in [1.29, 1.82) is 0 Å². The molecule has 2 aliphatic heterocycles. The molecule has 0 N–H and O–H groups in total. The van der Waals surface area contributed by atoms with Gasteiger partial charge in [-0.05, 0) is 36.2 Å². The molecule has 0 bridgehead atoms. The maximum atomic E-state index is 12.5. The Morgan fingerprint density at radius 1 is 1.36 bits per heavy atom. The lowest BCUT2D eigenvalue weighted by molar-refractivity contribution is -0.188. The zero-order valence-corrected chi connectivity index (χ0v) is 14.4. The molecule has 25 heavy (non-hydrogen) atoms. The molecule has 2 aromatic heterocycles. The summed E-state index contributed by atoms with van der Waals surface area (Å²) in [4.78, 5) is 18.4. The summed E-state index contributed by atoms with van der Waals surface area (Å²) in [5.74, 6) is 0.0709. The van der Waals surface area contributed by atoms with Gasteiger partial charge in [0.25, 0.3) is 5.91 Å². The molecule has 1 unspecified atom stereocenters. The molecule has 4 heterocycles. The minimum absolute atomic E-state index is 0.0709. The third-order valence-corrected chi connectivity index (χ3v) is 5.09. The van der Waals surface area contributed by atoms with Gasteiger partial charge in [-0.15, -0.1) is 0 Å². The third kappa shape index (κ3) is 3.32. The number of pyridine rings is 1. The van der Waals surface area contributed by atoms with E-state index in [9.17, 15) is 4.79 Å². The molecule has 0 radical (unpaired) electrons. The maximum Gasteiger partial charge on any atom is 0.270 e. The normalized spacial score (nSPS) is 22.0. The number of rotatable bonds is 4. The van der Waals surface area contributed by atoms with Crippen molar-refractivity contribution in [2.75, 3.05) is 19.7 Å². The van der Waals surface area contributed by atoms with Crippen LogP contribution < -0.4 is 0 Å². The van der Waals surface area contributed by atoms with E-state index in [1.807, 2.05) is 47.0 Å². The van der Waals surface area contributed by atoms with Crippen LogP contribution in [0.15, 0.2) is 42.9 Å². The SMILES string of the molecule is Cn1cccc1C(=O)N1CC2(CC(OCc3ccncc3)CCO2)C1. The summed E-state index contributed by atoms with van der Waals surface area (Å²) in [6.07, 6.45) is 7.37. The minimum Gasteiger partial charge on any atom is -0.373 e. The van der Waals surface area contributed by atoms with Gasteiger partial charge in [0.1, 0.15) is 11.3 Å². The number of nitrogens with zero attached hydrogens (tertiary/aromatic N) is 3. The van der Waals surface area contributed by atoms with Gasteiger partial charge in [-0.25, -0.2) is 0 Å². The second-order valence-corrected chi connectivity index (χ2v) is 6.98. The van der Waals surface area contributed by atoms with Gasteiger partial charge in [-0.2, -0.15) is 0 Å². The fourth-order valence-electron chi connectivity index (χ4n) is 3.68. The minimum atomic E-state index is -0.234. The van der Waals surface area contributed by atoms with Gasteiger partial charge in [0, 0.05) is 38.7 Å². The summed E-state index contributed by atoms with van der Waals surface area (Å²) in [5.41, 5.74) is 1.61. The number of hydrogen-bond acceptors (Lipinski definition) is 4. The molecule has 4 rings (SSSR count). The van der Waals surface area contributed by atoms with Crippen LogP contribution in [-0.2, 0) is 23.1 Å². The Morgan fingerprint density at radius 2 is 2.16 bits per heavy atom. The first kappa shape index (κ1) is 16.3. The Bertz CT molecular complexity index is 737. The molecule has 2 aliphatic rings. The van der Waals surface area contributed by atoms with E-state index < -0.39 is 0 Å². The van der Waals surface area contributed by atoms with E-state index in [2.05, 4.69) is 4.98 Å². The molecule has 2 saturated heterocycles. The fraction of sp³-hybridized carbons (Fsp3) is 0.474. The Balaban J connectivity index is 1.32. The zero-order chi connectivity index (χ0) is 17.3. The summed E-state index contributed by atoms with van der Waals surface area (Å²) in [6.45, 7) is 2.57. The smallest absolute Gasteiger partial charge is 0.270 e. The standard InChI is InChI=1S/C19H23N3O3/c1-21-9-2-3-17(21)18(23)22-13-19(14-22)11-16(6-10-25-19)24-12-15-4-7-20-8-5-15/h2-5,7-9,16H,6,10-14H2,1H3. The van der Waals surface area contributed by atoms with E-state index >= 15 is 0 Å². The Hall–Kier alpha value is -2.18. The molecule has 1 atom stereocenters. The van der Waals surface area contributed by atoms with Crippen LogP contribution in [0.2, 0.25) is 0 Å². The lowest BCUT2D eigenvalue weighted by Gasteiger charge is -2.52. The molecule has 132 valence electrons. The highest BCUT2D eigenvalue weighted by atomic mass is 16.5. The van der Waals surface area contributed by atoms with Gasteiger partial charge in [0.2, 0.25) is 0 Å². The van der Waals surface area contributed by atoms with Crippen molar-refractivity contribution in [3.05, 3.63) is 54.1 Å². The van der Waals surface area contributed by atoms with Crippen LogP contribution in [0.1, 0.15) is 28.9 Å². The van der Waals surface area contributed by atoms with E-state index in [1.54, 1.807) is 12.4 Å². The topological polar surface area (TPSA) is 56.6 Å². The monoisotopic (exact) mass is 341 g/mol. The molecular formula is C19H23N3O3. The van der Waals surface area contributed by atoms with Crippen molar-refractivity contribution in [2.45, 2.75) is 31.2 Å². The lowest BCUT2D eigenvalue weighted by atomic mass is 9.84. The van der Waals surface area contributed by atoms with Crippen LogP contribution in [0, 0.1) is 0 Å². The summed E-state index contributed by atoms with van der Waals surface area (Å²) in [7, 11) is 1.89. The second-order valence-electron chi connectivity index (χ2n) is 6.98. The summed E-state index contributed by atoms with van der Waals surface area (Å²) in [5, 5.41) is 0. The Labute approximate surface area is 147 Å². The highest BCUT2D eigenvalue weighted by Crippen LogP contribution is 2.36. The second kappa shape index (κ2) is 6.61. The van der Waals surface area contributed by atoms with Crippen molar-refractivity contribution >= 4 is 5.91 Å². The Morgan fingerprint density at radius 3 is 2.88 bits per heavy atom. The maximum absolute atomic E-state index is 12.5. The van der Waals surface area contributed by atoms with Crippen LogP contribution in [-0.4, -0.2) is 51.8 Å². The van der Waals surface area contributed by atoms with Crippen molar-refractivity contribution in [2.24, 2.45) is 7.05 Å². The number of amides is 1. The lowest BCUT2D eigenvalue weighted by Crippen LogP contribution is -2.67. The van der Waals surface area contributed by atoms with Crippen LogP contribution in [0.3, 0.4) is 0 Å². The van der Waals surface area contributed by atoms with E-state index in [0.29, 0.717) is 26.3 Å². The van der Waals surface area contributed by atoms with Crippen LogP contribution >= 0.6 is 0 Å². The molecule has 2 fully saturated rings. The molecular weight excluding hydrogens is 318 g/mol. The largest absolute Gasteiger partial charge is 0.373 e. The number of likely N-dealkylation sites (tertiary alicyclic amines) is 1. The quantitative estimate of drug-likeness (QED) is 0.854. The first-order valence-electron chi connectivity index (χ1n) is 8.70. The number of carbonyl (C=O) groups is 1. The Kier molecular flexibility index (Phi) is 4.31. The zero-order valence-electron chi connectivity index (χ0n) is 14.4. The number of aromatic nitrogens is 2. The molecule has 6 nitrogen and oxygen atoms in total. The first-order valence-corrected chi connectivity index (χ1v) is 8.70. The third-order valence-electron chi connectivity index (χ3n) is 5.09. The van der Waals surface area contributed by atoms with E-state index in [-0.39, 0.29) is 17.6 Å². The van der Waals surface area contributed by atoms with Gasteiger partial charge in [0.15, 0.2) is 0 Å². The van der Waals surface area contributed by atoms with Crippen LogP contribution in [0.5, 0.6) is 0 Å². The van der Waals surface area contributed by atoms with Gasteiger partial charge in [0.05, 0.1) is 25.8 Å². The summed E-state index contributed by atoms with van der Waals surface area (Å²) < 4.78 is 13.9. The molecule has 1 spiro atoms. The van der Waals surface area contributed by atoms with Gasteiger partial charge < -0.3 is 18.9 Å². The summed E-state index contributed by atoms with van der Waals surface area (Å²) in [6, 6.07) is 7.69. The number of aryl methyl sites for hydroxylation is 1. The van der Waals surface area contributed by atoms with Crippen LogP contribution in [0.25, 0.3) is 0 Å². The molecule has 0 aliphatic carbocycles. The number of carbonyl (C=O) groups excluding carboxylic acids is 1. The van der Waals surface area contributed by atoms with Crippen molar-refractivity contribution in [3.63, 3.8) is 0 Å². The predicted molar refractivity (Wildman–Crippen MR) is 92.0 cm³/mol. The van der Waals surface area contributed by atoms with Crippen molar-refractivity contribution in [3.8, 4) is 0 Å². The fourth-order valence-corrected chi connectivity index (χ4v) is 3.68. The molecule has 0 saturated carbocycles. The highest BCUT2D eigenvalue weighted by Gasteiger charge is 2.49. The van der Waals surface area contributed by atoms with E-state index in [4.69, 9.17) is 9.47 Å². The molecule has 2 aromatic rings. The van der Waals surface area contributed by atoms with Gasteiger partial charge >= 0.3 is 0 Å². The van der Waals surface area contributed by atoms with E-state index in [0.717, 1.165) is 24.1 Å². The predicted octanol–water partition coefficient (Wildman–Crippen LogP) is 2.01. The van der Waals surface area contributed by atoms with Gasteiger partial charge in [-0.3, -0.25) is 9.78 Å². The number of ether oxygens (including phenoxy) is 2. The molecule has 6 heteroatoms. The average Bonchev–Trinajstić information content (AvgIpc) is 3.04. The molecule has 0 aromatic carbocycles. The van der Waals surface area contributed by atoms with Gasteiger partial charge in [-0.1, -0.05) is 0 Å². The van der Waals surface area contributed by atoms with Crippen molar-refractivity contribution in [1.82, 2.24) is 14.5 Å². The molecule has 1 amide bonds. The number of hydrogen-bond donors (Lipinski definition) is 0. The van der Waals surface area contributed by atoms with Crippen molar-refractivity contribution < 1.29 is 14.3 Å². The van der Waals surface area contributed by atoms with Crippen LogP contribution in [0.4, 0.5) is 0 Å². The summed E-state index contributed by atoms with van der Waals surface area (Å²) >= 11 is 0. The first-order chi connectivity index (χ1) is 12.2. The average molecular weight is 341 g/mol.